The Bertz CT molecular complexity index is 294. The molecule has 0 radical (unpaired) electrons. The van der Waals surface area contributed by atoms with E-state index in [0.29, 0.717) is 6.04 Å². The number of rotatable bonds is 3. The summed E-state index contributed by atoms with van der Waals surface area (Å²) in [6.45, 7) is 0. The van der Waals surface area contributed by atoms with Crippen LogP contribution in [0.4, 0.5) is 0 Å². The molecular weight excluding hydrogens is 278 g/mol. The van der Waals surface area contributed by atoms with Crippen LogP contribution in [0.5, 0.6) is 0 Å². The fourth-order valence-electron chi connectivity index (χ4n) is 1.88. The van der Waals surface area contributed by atoms with Crippen molar-refractivity contribution in [3.05, 3.63) is 20.8 Å². The summed E-state index contributed by atoms with van der Waals surface area (Å²) in [5, 5.41) is 6.36. The second-order valence-corrected chi connectivity index (χ2v) is 6.60. The van der Waals surface area contributed by atoms with Crippen molar-refractivity contribution in [2.24, 2.45) is 0 Å². The van der Waals surface area contributed by atoms with Gasteiger partial charge in [-0.2, -0.15) is 11.8 Å². The molecule has 0 bridgehead atoms. The van der Waals surface area contributed by atoms with Gasteiger partial charge in [0.25, 0.3) is 0 Å². The van der Waals surface area contributed by atoms with Gasteiger partial charge in [-0.15, -0.1) is 11.3 Å². The molecule has 1 aliphatic rings. The lowest BCUT2D eigenvalue weighted by Gasteiger charge is -2.21. The smallest absolute Gasteiger partial charge is 0.0544 e. The third-order valence-electron chi connectivity index (χ3n) is 2.57. The highest BCUT2D eigenvalue weighted by atomic mass is 79.9. The molecule has 1 aromatic heterocycles. The second-order valence-electron chi connectivity index (χ2n) is 3.45. The lowest BCUT2D eigenvalue weighted by molar-refractivity contribution is 0.558. The minimum Gasteiger partial charge on any atom is -0.311 e. The molecule has 14 heavy (non-hydrogen) atoms. The lowest BCUT2D eigenvalue weighted by Crippen LogP contribution is -2.25. The van der Waals surface area contributed by atoms with Gasteiger partial charge in [0.05, 0.1) is 6.04 Å². The summed E-state index contributed by atoms with van der Waals surface area (Å²) in [6.07, 6.45) is 2.72. The Balaban J connectivity index is 2.16. The minimum absolute atomic E-state index is 0.525. The molecule has 78 valence electrons. The number of halogens is 1. The van der Waals surface area contributed by atoms with Crippen molar-refractivity contribution in [2.45, 2.75) is 24.1 Å². The predicted molar refractivity (Wildman–Crippen MR) is 69.3 cm³/mol. The zero-order valence-electron chi connectivity index (χ0n) is 8.13. The Morgan fingerprint density at radius 3 is 3.00 bits per heavy atom. The number of thioether (sulfide) groups is 1. The van der Waals surface area contributed by atoms with Gasteiger partial charge < -0.3 is 5.32 Å². The van der Waals surface area contributed by atoms with Crippen LogP contribution in [0.2, 0.25) is 0 Å². The Morgan fingerprint density at radius 2 is 2.50 bits per heavy atom. The molecule has 1 nitrogen and oxygen atoms in total. The molecule has 1 N–H and O–H groups in total. The van der Waals surface area contributed by atoms with E-state index in [1.165, 1.54) is 27.9 Å². The van der Waals surface area contributed by atoms with Crippen LogP contribution in [-0.4, -0.2) is 18.1 Å². The first-order chi connectivity index (χ1) is 6.83. The highest BCUT2D eigenvalue weighted by Gasteiger charge is 2.27. The fourth-order valence-corrected chi connectivity index (χ4v) is 5.19. The summed E-state index contributed by atoms with van der Waals surface area (Å²) in [4.78, 5) is 1.45. The standard InChI is InChI=1S/C10H14BrNS2/c1-12-9(8-3-2-5-13-8)10-7(11)4-6-14-10/h4,6,8-9,12H,2-3,5H2,1H3. The van der Waals surface area contributed by atoms with Gasteiger partial charge in [-0.3, -0.25) is 0 Å². The molecule has 1 saturated heterocycles. The third-order valence-corrected chi connectivity index (χ3v) is 5.99. The van der Waals surface area contributed by atoms with Gasteiger partial charge in [0.2, 0.25) is 0 Å². The van der Waals surface area contributed by atoms with Gasteiger partial charge in [0.1, 0.15) is 0 Å². The molecule has 0 aliphatic carbocycles. The first-order valence-corrected chi connectivity index (χ1v) is 7.57. The van der Waals surface area contributed by atoms with Gasteiger partial charge in [-0.1, -0.05) is 0 Å². The SMILES string of the molecule is CNC(c1sccc1Br)C1CCCS1. The number of hydrogen-bond acceptors (Lipinski definition) is 3. The van der Waals surface area contributed by atoms with Gasteiger partial charge in [-0.05, 0) is 53.0 Å². The van der Waals surface area contributed by atoms with E-state index in [0.717, 1.165) is 5.25 Å². The van der Waals surface area contributed by atoms with Crippen LogP contribution in [0.15, 0.2) is 15.9 Å². The minimum atomic E-state index is 0.525. The van der Waals surface area contributed by atoms with Crippen LogP contribution in [0, 0.1) is 0 Å². The zero-order valence-corrected chi connectivity index (χ0v) is 11.3. The second kappa shape index (κ2) is 5.01. The number of nitrogens with one attached hydrogen (secondary N) is 1. The van der Waals surface area contributed by atoms with Crippen LogP contribution in [-0.2, 0) is 0 Å². The average Bonchev–Trinajstić information content (AvgIpc) is 2.80. The maximum Gasteiger partial charge on any atom is 0.0544 e. The molecule has 0 saturated carbocycles. The fraction of sp³-hybridized carbons (Fsp3) is 0.600. The maximum atomic E-state index is 3.62. The van der Waals surface area contributed by atoms with Crippen molar-refractivity contribution >= 4 is 39.0 Å². The van der Waals surface area contributed by atoms with Gasteiger partial charge in [0.15, 0.2) is 0 Å². The predicted octanol–water partition coefficient (Wildman–Crippen LogP) is 3.67. The van der Waals surface area contributed by atoms with E-state index >= 15 is 0 Å². The Morgan fingerprint density at radius 1 is 1.64 bits per heavy atom. The number of thiophene rings is 1. The van der Waals surface area contributed by atoms with Crippen molar-refractivity contribution in [2.75, 3.05) is 12.8 Å². The van der Waals surface area contributed by atoms with E-state index in [4.69, 9.17) is 0 Å². The van der Waals surface area contributed by atoms with Crippen LogP contribution in [0.1, 0.15) is 23.8 Å². The average molecular weight is 292 g/mol. The topological polar surface area (TPSA) is 12.0 Å². The molecule has 2 rings (SSSR count). The van der Waals surface area contributed by atoms with E-state index in [1.54, 1.807) is 0 Å². The van der Waals surface area contributed by atoms with Crippen LogP contribution in [0.25, 0.3) is 0 Å². The molecule has 1 aliphatic heterocycles. The summed E-state index contributed by atoms with van der Waals surface area (Å²) in [6, 6.07) is 2.67. The molecular formula is C10H14BrNS2. The van der Waals surface area contributed by atoms with E-state index in [1.807, 2.05) is 11.3 Å². The summed E-state index contributed by atoms with van der Waals surface area (Å²) in [7, 11) is 2.07. The monoisotopic (exact) mass is 291 g/mol. The van der Waals surface area contributed by atoms with Crippen LogP contribution >= 0.6 is 39.0 Å². The van der Waals surface area contributed by atoms with E-state index in [9.17, 15) is 0 Å². The maximum absolute atomic E-state index is 3.62. The molecule has 1 aromatic rings. The Kier molecular flexibility index (Phi) is 3.93. The van der Waals surface area contributed by atoms with Gasteiger partial charge in [0, 0.05) is 14.6 Å². The molecule has 4 heteroatoms. The van der Waals surface area contributed by atoms with Crippen molar-refractivity contribution in [1.82, 2.24) is 5.32 Å². The van der Waals surface area contributed by atoms with Crippen molar-refractivity contribution in [3.8, 4) is 0 Å². The summed E-state index contributed by atoms with van der Waals surface area (Å²) in [5.74, 6) is 1.33. The molecule has 2 heterocycles. The van der Waals surface area contributed by atoms with Crippen molar-refractivity contribution in [3.63, 3.8) is 0 Å². The van der Waals surface area contributed by atoms with E-state index < -0.39 is 0 Å². The van der Waals surface area contributed by atoms with Gasteiger partial charge in [-0.25, -0.2) is 0 Å². The first kappa shape index (κ1) is 11.0. The zero-order chi connectivity index (χ0) is 9.97. The largest absolute Gasteiger partial charge is 0.311 e. The summed E-state index contributed by atoms with van der Waals surface area (Å²) in [5.41, 5.74) is 0. The van der Waals surface area contributed by atoms with Crippen LogP contribution in [0.3, 0.4) is 0 Å². The normalized spacial score (nSPS) is 24.0. The molecule has 0 aromatic carbocycles. The molecule has 2 atom stereocenters. The van der Waals surface area contributed by atoms with Gasteiger partial charge >= 0.3 is 0 Å². The third kappa shape index (κ3) is 2.18. The van der Waals surface area contributed by atoms with Crippen LogP contribution < -0.4 is 5.32 Å². The summed E-state index contributed by atoms with van der Waals surface area (Å²) < 4.78 is 1.26. The first-order valence-electron chi connectivity index (χ1n) is 4.84. The highest BCUT2D eigenvalue weighted by Crippen LogP contribution is 2.40. The highest BCUT2D eigenvalue weighted by molar-refractivity contribution is 9.10. The van der Waals surface area contributed by atoms with E-state index in [2.05, 4.69) is 51.5 Å². The molecule has 1 fully saturated rings. The quantitative estimate of drug-likeness (QED) is 0.912. The number of hydrogen-bond donors (Lipinski definition) is 1. The molecule has 0 spiro atoms. The molecule has 2 unspecified atom stereocenters. The Hall–Kier alpha value is 0.490. The van der Waals surface area contributed by atoms with E-state index in [-0.39, 0.29) is 0 Å². The van der Waals surface area contributed by atoms with Crippen molar-refractivity contribution in [1.29, 1.82) is 0 Å². The van der Waals surface area contributed by atoms with Crippen molar-refractivity contribution < 1.29 is 0 Å². The molecule has 0 amide bonds. The Labute approximate surface area is 102 Å². The lowest BCUT2D eigenvalue weighted by atomic mass is 10.1. The summed E-state index contributed by atoms with van der Waals surface area (Å²) >= 11 is 7.57.